The number of rotatable bonds is 1. The van der Waals surface area contributed by atoms with Gasteiger partial charge < -0.3 is 10.2 Å². The lowest BCUT2D eigenvalue weighted by molar-refractivity contribution is -0.133. The summed E-state index contributed by atoms with van der Waals surface area (Å²) in [6.07, 6.45) is 13.0. The molecule has 0 amide bonds. The Bertz CT molecular complexity index is 829. The van der Waals surface area contributed by atoms with Crippen LogP contribution in [-0.2, 0) is 7.05 Å². The summed E-state index contributed by atoms with van der Waals surface area (Å²) in [5, 5.41) is 26.1. The van der Waals surface area contributed by atoms with E-state index < -0.39 is 0 Å². The molecule has 4 fully saturated rings. The van der Waals surface area contributed by atoms with E-state index in [1.165, 1.54) is 31.3 Å². The number of aryl methyl sites for hydroxylation is 2. The average Bonchev–Trinajstić information content (AvgIpc) is 3.12. The van der Waals surface area contributed by atoms with Gasteiger partial charge in [-0.25, -0.2) is 0 Å². The first kappa shape index (κ1) is 19.8. The molecule has 4 aliphatic rings. The van der Waals surface area contributed by atoms with Crippen LogP contribution in [0.4, 0.5) is 0 Å². The van der Waals surface area contributed by atoms with E-state index in [0.29, 0.717) is 17.3 Å². The Balaban J connectivity index is 1.45. The molecule has 4 heteroatoms. The summed E-state index contributed by atoms with van der Waals surface area (Å²) in [4.78, 5) is 0. The van der Waals surface area contributed by atoms with Crippen molar-refractivity contribution in [2.75, 3.05) is 0 Å². The summed E-state index contributed by atoms with van der Waals surface area (Å²) in [6, 6.07) is 0. The van der Waals surface area contributed by atoms with Crippen LogP contribution in [0.5, 0.6) is 0 Å². The monoisotopic (exact) mass is 398 g/mol. The van der Waals surface area contributed by atoms with Crippen molar-refractivity contribution in [2.45, 2.75) is 84.3 Å². The topological polar surface area (TPSA) is 58.3 Å². The summed E-state index contributed by atoms with van der Waals surface area (Å²) >= 11 is 0. The quantitative estimate of drug-likeness (QED) is 0.733. The van der Waals surface area contributed by atoms with E-state index in [1.54, 1.807) is 0 Å². The van der Waals surface area contributed by atoms with Gasteiger partial charge in [0.05, 0.1) is 17.9 Å². The molecule has 4 saturated carbocycles. The molecule has 4 nitrogen and oxygen atoms in total. The molecular weight excluding hydrogens is 360 g/mol. The molecule has 8 atom stereocenters. The molecule has 1 heterocycles. The zero-order chi connectivity index (χ0) is 20.6. The fraction of sp³-hybridized carbons (Fsp3) is 0.800. The first-order valence-corrected chi connectivity index (χ1v) is 11.8. The van der Waals surface area contributed by atoms with E-state index in [1.807, 2.05) is 11.7 Å². The number of aliphatic hydroxyl groups is 2. The molecule has 0 aromatic carbocycles. The minimum Gasteiger partial charge on any atom is -0.393 e. The molecule has 0 saturated heterocycles. The number of nitrogens with zero attached hydrogens (tertiary/aromatic N) is 2. The zero-order valence-electron chi connectivity index (χ0n) is 18.6. The Labute approximate surface area is 175 Å². The molecule has 0 radical (unpaired) electrons. The van der Waals surface area contributed by atoms with E-state index >= 15 is 0 Å². The van der Waals surface area contributed by atoms with Crippen molar-refractivity contribution < 1.29 is 10.2 Å². The van der Waals surface area contributed by atoms with Crippen molar-refractivity contribution >= 4 is 6.08 Å². The van der Waals surface area contributed by atoms with Gasteiger partial charge in [0.25, 0.3) is 0 Å². The van der Waals surface area contributed by atoms with Crippen molar-refractivity contribution in [3.63, 3.8) is 0 Å². The van der Waals surface area contributed by atoms with Crippen molar-refractivity contribution in [1.82, 2.24) is 9.78 Å². The van der Waals surface area contributed by atoms with Crippen LogP contribution in [0, 0.1) is 41.4 Å². The third-order valence-electron chi connectivity index (χ3n) is 9.90. The number of hydrogen-bond acceptors (Lipinski definition) is 3. The van der Waals surface area contributed by atoms with E-state index in [-0.39, 0.29) is 17.6 Å². The van der Waals surface area contributed by atoms with E-state index in [2.05, 4.69) is 38.1 Å². The smallest absolute Gasteiger partial charge is 0.0809 e. The maximum atomic E-state index is 11.4. The van der Waals surface area contributed by atoms with E-state index in [0.717, 1.165) is 48.8 Å². The van der Waals surface area contributed by atoms with Crippen LogP contribution in [0.15, 0.2) is 11.8 Å². The fourth-order valence-corrected chi connectivity index (χ4v) is 8.19. The average molecular weight is 399 g/mol. The standard InChI is InChI=1S/C25H38N2O2/c1-15-17(14-27(4)26-15)11-16-12-22-20-6-5-18-13-19(28)7-9-24(18,2)21(20)8-10-25(22,3)23(16)29/h11,14,18-23,28-29H,5-10,12-13H2,1-4H3/b16-11-/t18-,19+,20+,21-,22-,23+,24-,25-/m0/s1. The molecule has 5 rings (SSSR count). The number of aromatic nitrogens is 2. The maximum absolute atomic E-state index is 11.4. The molecule has 4 aliphatic carbocycles. The SMILES string of the molecule is Cc1nn(C)cc1/C=C1/C[C@H]2[C@@H]3CC[C@H]4C[C@H](O)CC[C@]4(C)[C@H]3CC[C@]2(C)[C@@H]1O. The van der Waals surface area contributed by atoms with E-state index in [9.17, 15) is 10.2 Å². The van der Waals surface area contributed by atoms with Crippen molar-refractivity contribution in [2.24, 2.45) is 41.5 Å². The van der Waals surface area contributed by atoms with Gasteiger partial charge in [0.2, 0.25) is 0 Å². The summed E-state index contributed by atoms with van der Waals surface area (Å²) < 4.78 is 1.87. The van der Waals surface area contributed by atoms with Crippen LogP contribution in [0.1, 0.15) is 76.5 Å². The molecule has 1 aromatic heterocycles. The van der Waals surface area contributed by atoms with Gasteiger partial charge >= 0.3 is 0 Å². The number of hydrogen-bond donors (Lipinski definition) is 2. The number of fused-ring (bicyclic) bond motifs is 5. The highest BCUT2D eigenvalue weighted by Gasteiger charge is 2.61. The van der Waals surface area contributed by atoms with Crippen molar-refractivity contribution in [1.29, 1.82) is 0 Å². The lowest BCUT2D eigenvalue weighted by atomic mass is 9.45. The molecule has 2 N–H and O–H groups in total. The zero-order valence-corrected chi connectivity index (χ0v) is 18.6. The Hall–Kier alpha value is -1.13. The predicted octanol–water partition coefficient (Wildman–Crippen LogP) is 4.49. The highest BCUT2D eigenvalue weighted by Crippen LogP contribution is 2.67. The van der Waals surface area contributed by atoms with Crippen LogP contribution in [0.2, 0.25) is 0 Å². The van der Waals surface area contributed by atoms with E-state index in [4.69, 9.17) is 0 Å². The van der Waals surface area contributed by atoms with Crippen molar-refractivity contribution in [3.8, 4) is 0 Å². The van der Waals surface area contributed by atoms with Gasteiger partial charge in [0.1, 0.15) is 0 Å². The van der Waals surface area contributed by atoms with Gasteiger partial charge in [-0.2, -0.15) is 5.10 Å². The summed E-state index contributed by atoms with van der Waals surface area (Å²) in [5.74, 6) is 2.76. The largest absolute Gasteiger partial charge is 0.393 e. The van der Waals surface area contributed by atoms with Crippen molar-refractivity contribution in [3.05, 3.63) is 23.0 Å². The van der Waals surface area contributed by atoms with Crippen LogP contribution in [0.3, 0.4) is 0 Å². The second-order valence-corrected chi connectivity index (χ2v) is 11.3. The molecule has 0 unspecified atom stereocenters. The third kappa shape index (κ3) is 2.89. The Kier molecular flexibility index (Phi) is 4.57. The lowest BCUT2D eigenvalue weighted by Gasteiger charge is -2.60. The minimum atomic E-state index is -0.327. The van der Waals surface area contributed by atoms with Gasteiger partial charge in [-0.3, -0.25) is 4.68 Å². The van der Waals surface area contributed by atoms with Crippen LogP contribution < -0.4 is 0 Å². The Morgan fingerprint density at radius 1 is 1.07 bits per heavy atom. The van der Waals surface area contributed by atoms with Gasteiger partial charge in [-0.1, -0.05) is 13.8 Å². The first-order chi connectivity index (χ1) is 13.7. The number of aliphatic hydroxyl groups excluding tert-OH is 2. The second-order valence-electron chi connectivity index (χ2n) is 11.3. The summed E-state index contributed by atoms with van der Waals surface area (Å²) in [7, 11) is 1.96. The fourth-order valence-electron chi connectivity index (χ4n) is 8.19. The third-order valence-corrected chi connectivity index (χ3v) is 9.90. The molecule has 0 spiro atoms. The van der Waals surface area contributed by atoms with Crippen LogP contribution in [0.25, 0.3) is 6.08 Å². The van der Waals surface area contributed by atoms with Crippen LogP contribution >= 0.6 is 0 Å². The Morgan fingerprint density at radius 3 is 2.55 bits per heavy atom. The molecule has 0 bridgehead atoms. The maximum Gasteiger partial charge on any atom is 0.0809 e. The second kappa shape index (κ2) is 6.68. The lowest BCUT2D eigenvalue weighted by Crippen LogP contribution is -2.54. The summed E-state index contributed by atoms with van der Waals surface area (Å²) in [5.41, 5.74) is 3.82. The normalized spacial score (nSPS) is 48.3. The minimum absolute atomic E-state index is 0.0144. The molecular formula is C25H38N2O2. The molecule has 0 aliphatic heterocycles. The molecule has 1 aromatic rings. The first-order valence-electron chi connectivity index (χ1n) is 11.8. The van der Waals surface area contributed by atoms with Gasteiger partial charge in [-0.15, -0.1) is 0 Å². The molecule has 160 valence electrons. The highest BCUT2D eigenvalue weighted by molar-refractivity contribution is 5.56. The van der Waals surface area contributed by atoms with Gasteiger partial charge in [0, 0.05) is 24.2 Å². The summed E-state index contributed by atoms with van der Waals surface area (Å²) in [6.45, 7) is 6.94. The van der Waals surface area contributed by atoms with Gasteiger partial charge in [0.15, 0.2) is 0 Å². The van der Waals surface area contributed by atoms with Gasteiger partial charge in [-0.05, 0) is 99.0 Å². The Morgan fingerprint density at radius 2 is 1.83 bits per heavy atom. The molecule has 29 heavy (non-hydrogen) atoms. The predicted molar refractivity (Wildman–Crippen MR) is 115 cm³/mol. The van der Waals surface area contributed by atoms with Crippen LogP contribution in [-0.4, -0.2) is 32.2 Å². The highest BCUT2D eigenvalue weighted by atomic mass is 16.3.